The zero-order valence-corrected chi connectivity index (χ0v) is 18.2. The fourth-order valence-electron chi connectivity index (χ4n) is 2.85. The second-order valence-electron chi connectivity index (χ2n) is 6.53. The van der Waals surface area contributed by atoms with Gasteiger partial charge in [-0.05, 0) is 12.1 Å². The van der Waals surface area contributed by atoms with Gasteiger partial charge in [0.05, 0.1) is 21.9 Å². The number of hydrogen-bond acceptors (Lipinski definition) is 8. The predicted octanol–water partition coefficient (Wildman–Crippen LogP) is 4.38. The Morgan fingerprint density at radius 3 is 2.84 bits per heavy atom. The van der Waals surface area contributed by atoms with Gasteiger partial charge in [-0.25, -0.2) is 9.37 Å². The molecule has 0 saturated carbocycles. The number of halogens is 1. The van der Waals surface area contributed by atoms with Crippen LogP contribution in [0.5, 0.6) is 0 Å². The highest BCUT2D eigenvalue weighted by atomic mass is 32.2. The second-order valence-corrected chi connectivity index (χ2v) is 8.33. The second kappa shape index (κ2) is 9.24. The van der Waals surface area contributed by atoms with Gasteiger partial charge in [-0.15, -0.1) is 21.5 Å². The molecule has 162 valence electrons. The number of carbonyl (C=O) groups is 1. The van der Waals surface area contributed by atoms with Crippen LogP contribution in [0.15, 0.2) is 59.1 Å². The first-order chi connectivity index (χ1) is 15.4. The molecule has 12 heteroatoms. The van der Waals surface area contributed by atoms with E-state index >= 15 is 0 Å². The molecule has 1 amide bonds. The number of nitrogens with one attached hydrogen (secondary N) is 1. The molecule has 4 rings (SSSR count). The molecule has 32 heavy (non-hydrogen) atoms. The lowest BCUT2D eigenvalue weighted by Crippen LogP contribution is -2.14. The van der Waals surface area contributed by atoms with E-state index in [1.165, 1.54) is 29.5 Å². The maximum atomic E-state index is 14.0. The summed E-state index contributed by atoms with van der Waals surface area (Å²) in [5.74, 6) is -0.284. The van der Waals surface area contributed by atoms with Crippen molar-refractivity contribution < 1.29 is 14.1 Å². The van der Waals surface area contributed by atoms with E-state index in [0.29, 0.717) is 32.9 Å². The molecule has 0 bridgehead atoms. The van der Waals surface area contributed by atoms with Crippen LogP contribution in [0, 0.1) is 15.9 Å². The van der Waals surface area contributed by atoms with Gasteiger partial charge in [-0.2, -0.15) is 0 Å². The number of hydrogen-bond donors (Lipinski definition) is 1. The molecule has 0 spiro atoms. The Morgan fingerprint density at radius 2 is 2.06 bits per heavy atom. The molecule has 0 fully saturated rings. The van der Waals surface area contributed by atoms with Crippen LogP contribution in [0.3, 0.4) is 0 Å². The fraction of sp³-hybridized carbons (Fsp3) is 0.100. The number of amides is 1. The quantitative estimate of drug-likeness (QED) is 0.242. The number of nitro groups is 1. The van der Waals surface area contributed by atoms with E-state index < -0.39 is 10.7 Å². The Balaban J connectivity index is 1.39. The number of carbonyl (C=O) groups excluding carboxylic acids is 1. The van der Waals surface area contributed by atoms with Crippen molar-refractivity contribution in [1.82, 2.24) is 19.7 Å². The highest BCUT2D eigenvalue weighted by molar-refractivity contribution is 7.99. The first-order valence-electron chi connectivity index (χ1n) is 9.19. The molecule has 0 aliphatic heterocycles. The van der Waals surface area contributed by atoms with E-state index in [-0.39, 0.29) is 17.3 Å². The summed E-state index contributed by atoms with van der Waals surface area (Å²) in [6, 6.07) is 12.4. The van der Waals surface area contributed by atoms with E-state index in [2.05, 4.69) is 20.5 Å². The molecule has 0 saturated heterocycles. The standard InChI is InChI=1S/C20H15FN6O3S2/c1-26-18(14-7-2-3-8-15(14)21)24-25-20(26)32-11-17(28)23-19-22-16(10-31-19)12-5-4-6-13(9-12)27(29)30/h2-10H,11H2,1H3,(H,22,23,28). The third-order valence-electron chi connectivity index (χ3n) is 4.39. The van der Waals surface area contributed by atoms with Crippen molar-refractivity contribution in [3.8, 4) is 22.6 Å². The summed E-state index contributed by atoms with van der Waals surface area (Å²) in [5, 5.41) is 24.3. The first-order valence-corrected chi connectivity index (χ1v) is 11.1. The van der Waals surface area contributed by atoms with Crippen LogP contribution in [-0.2, 0) is 11.8 Å². The molecule has 0 aliphatic rings. The number of nitrogens with zero attached hydrogens (tertiary/aromatic N) is 5. The van der Waals surface area contributed by atoms with Gasteiger partial charge in [-0.1, -0.05) is 36.0 Å². The maximum absolute atomic E-state index is 14.0. The number of thioether (sulfide) groups is 1. The molecule has 0 atom stereocenters. The van der Waals surface area contributed by atoms with Crippen molar-refractivity contribution in [2.24, 2.45) is 7.05 Å². The van der Waals surface area contributed by atoms with Crippen LogP contribution >= 0.6 is 23.1 Å². The average molecular weight is 471 g/mol. The Bertz CT molecular complexity index is 1310. The highest BCUT2D eigenvalue weighted by Gasteiger charge is 2.16. The van der Waals surface area contributed by atoms with E-state index in [1.807, 2.05) is 0 Å². The summed E-state index contributed by atoms with van der Waals surface area (Å²) < 4.78 is 15.6. The van der Waals surface area contributed by atoms with Gasteiger partial charge < -0.3 is 9.88 Å². The summed E-state index contributed by atoms with van der Waals surface area (Å²) in [6.45, 7) is 0. The molecule has 2 aromatic carbocycles. The third kappa shape index (κ3) is 4.65. The monoisotopic (exact) mass is 470 g/mol. The molecular formula is C20H15FN6O3S2. The summed E-state index contributed by atoms with van der Waals surface area (Å²) in [7, 11) is 1.70. The number of thiazole rings is 1. The number of anilines is 1. The van der Waals surface area contributed by atoms with Crippen molar-refractivity contribution in [2.75, 3.05) is 11.1 Å². The lowest BCUT2D eigenvalue weighted by atomic mass is 10.1. The zero-order chi connectivity index (χ0) is 22.7. The van der Waals surface area contributed by atoms with Gasteiger partial charge in [-0.3, -0.25) is 14.9 Å². The minimum atomic E-state index is -0.472. The SMILES string of the molecule is Cn1c(SCC(=O)Nc2nc(-c3cccc([N+](=O)[O-])c3)cs2)nnc1-c1ccccc1F. The number of rotatable bonds is 7. The number of nitro benzene ring substituents is 1. The van der Waals surface area contributed by atoms with Crippen LogP contribution in [0.2, 0.25) is 0 Å². The molecule has 0 radical (unpaired) electrons. The van der Waals surface area contributed by atoms with Gasteiger partial charge in [0, 0.05) is 30.1 Å². The molecule has 4 aromatic rings. The summed E-state index contributed by atoms with van der Waals surface area (Å²) in [5.41, 5.74) is 1.42. The Labute approximate surface area is 189 Å². The topological polar surface area (TPSA) is 116 Å². The molecule has 9 nitrogen and oxygen atoms in total. The normalized spacial score (nSPS) is 10.8. The Hall–Kier alpha value is -3.64. The van der Waals surface area contributed by atoms with Crippen molar-refractivity contribution in [3.05, 3.63) is 69.8 Å². The van der Waals surface area contributed by atoms with Crippen LogP contribution in [0.4, 0.5) is 15.2 Å². The first kappa shape index (κ1) is 21.6. The van der Waals surface area contributed by atoms with E-state index in [9.17, 15) is 19.3 Å². The van der Waals surface area contributed by atoms with Gasteiger partial charge in [0.2, 0.25) is 5.91 Å². The fourth-order valence-corrected chi connectivity index (χ4v) is 4.29. The molecule has 2 aromatic heterocycles. The molecule has 0 unspecified atom stereocenters. The Kier molecular flexibility index (Phi) is 6.23. The number of non-ortho nitro benzene ring substituents is 1. The lowest BCUT2D eigenvalue weighted by molar-refractivity contribution is -0.384. The van der Waals surface area contributed by atoms with Crippen LogP contribution < -0.4 is 5.32 Å². The predicted molar refractivity (Wildman–Crippen MR) is 120 cm³/mol. The lowest BCUT2D eigenvalue weighted by Gasteiger charge is -2.05. The highest BCUT2D eigenvalue weighted by Crippen LogP contribution is 2.28. The molecular weight excluding hydrogens is 455 g/mol. The summed E-state index contributed by atoms with van der Waals surface area (Å²) in [4.78, 5) is 27.1. The van der Waals surface area contributed by atoms with Crippen LogP contribution in [0.25, 0.3) is 22.6 Å². The van der Waals surface area contributed by atoms with Crippen molar-refractivity contribution in [3.63, 3.8) is 0 Å². The number of aromatic nitrogens is 4. The summed E-state index contributed by atoms with van der Waals surface area (Å²) in [6.07, 6.45) is 0. The van der Waals surface area contributed by atoms with Crippen LogP contribution in [0.1, 0.15) is 0 Å². The van der Waals surface area contributed by atoms with Crippen molar-refractivity contribution >= 4 is 39.8 Å². The average Bonchev–Trinajstić information content (AvgIpc) is 3.39. The van der Waals surface area contributed by atoms with Gasteiger partial charge in [0.15, 0.2) is 16.1 Å². The largest absolute Gasteiger partial charge is 0.305 e. The van der Waals surface area contributed by atoms with Crippen molar-refractivity contribution in [2.45, 2.75) is 5.16 Å². The van der Waals surface area contributed by atoms with Crippen molar-refractivity contribution in [1.29, 1.82) is 0 Å². The Morgan fingerprint density at radius 1 is 1.25 bits per heavy atom. The number of benzene rings is 2. The minimum absolute atomic E-state index is 0.0316. The maximum Gasteiger partial charge on any atom is 0.270 e. The third-order valence-corrected chi connectivity index (χ3v) is 6.16. The van der Waals surface area contributed by atoms with Gasteiger partial charge in [0.1, 0.15) is 5.82 Å². The van der Waals surface area contributed by atoms with Gasteiger partial charge >= 0.3 is 0 Å². The van der Waals surface area contributed by atoms with Crippen LogP contribution in [-0.4, -0.2) is 36.3 Å². The molecule has 0 aliphatic carbocycles. The van der Waals surface area contributed by atoms with E-state index in [0.717, 1.165) is 11.8 Å². The van der Waals surface area contributed by atoms with E-state index in [1.54, 1.807) is 47.3 Å². The van der Waals surface area contributed by atoms with E-state index in [4.69, 9.17) is 0 Å². The zero-order valence-electron chi connectivity index (χ0n) is 16.6. The molecule has 2 heterocycles. The molecule has 1 N–H and O–H groups in total. The van der Waals surface area contributed by atoms with Gasteiger partial charge in [0.25, 0.3) is 5.69 Å². The minimum Gasteiger partial charge on any atom is -0.305 e. The smallest absolute Gasteiger partial charge is 0.270 e. The summed E-state index contributed by atoms with van der Waals surface area (Å²) >= 11 is 2.38.